The van der Waals surface area contributed by atoms with Gasteiger partial charge in [-0.2, -0.15) is 0 Å². The number of aromatic carboxylic acids is 1. The summed E-state index contributed by atoms with van der Waals surface area (Å²) in [6.45, 7) is 4.20. The van der Waals surface area contributed by atoms with Crippen LogP contribution in [0, 0.1) is 0 Å². The molecule has 4 nitrogen and oxygen atoms in total. The van der Waals surface area contributed by atoms with E-state index in [1.165, 1.54) is 16.8 Å². The van der Waals surface area contributed by atoms with Gasteiger partial charge in [0.15, 0.2) is 5.69 Å². The van der Waals surface area contributed by atoms with Gasteiger partial charge in [0.2, 0.25) is 0 Å². The van der Waals surface area contributed by atoms with Gasteiger partial charge in [0, 0.05) is 5.69 Å². The van der Waals surface area contributed by atoms with Gasteiger partial charge in [0.1, 0.15) is 5.00 Å². The summed E-state index contributed by atoms with van der Waals surface area (Å²) >= 11 is 1.29. The number of benzene rings is 1. The number of para-hydroxylation sites is 1. The summed E-state index contributed by atoms with van der Waals surface area (Å²) < 4.78 is 0. The number of anilines is 2. The van der Waals surface area contributed by atoms with Crippen LogP contribution in [-0.4, -0.2) is 16.1 Å². The molecule has 0 aliphatic rings. The van der Waals surface area contributed by atoms with Gasteiger partial charge < -0.3 is 10.4 Å². The molecule has 0 unspecified atom stereocenters. The van der Waals surface area contributed by atoms with Crippen molar-refractivity contribution in [2.75, 3.05) is 5.32 Å². The molecule has 2 aromatic rings. The van der Waals surface area contributed by atoms with E-state index in [2.05, 4.69) is 24.1 Å². The van der Waals surface area contributed by atoms with Crippen molar-refractivity contribution in [3.8, 4) is 0 Å². The lowest BCUT2D eigenvalue weighted by atomic mass is 10.0. The molecular weight excluding hydrogens is 248 g/mol. The van der Waals surface area contributed by atoms with E-state index in [-0.39, 0.29) is 5.69 Å². The van der Waals surface area contributed by atoms with Crippen LogP contribution in [0.15, 0.2) is 29.8 Å². The van der Waals surface area contributed by atoms with Crippen molar-refractivity contribution in [1.29, 1.82) is 0 Å². The van der Waals surface area contributed by atoms with Crippen LogP contribution in [-0.2, 0) is 0 Å². The Bertz CT molecular complexity index is 564. The smallest absolute Gasteiger partial charge is 0.357 e. The Balaban J connectivity index is 2.34. The number of carboxylic acids is 1. The Morgan fingerprint density at radius 3 is 2.78 bits per heavy atom. The summed E-state index contributed by atoms with van der Waals surface area (Å²) in [5.74, 6) is -0.643. The lowest BCUT2D eigenvalue weighted by Crippen LogP contribution is -2.03. The normalized spacial score (nSPS) is 10.6. The first-order chi connectivity index (χ1) is 8.59. The molecule has 1 aromatic carbocycles. The zero-order chi connectivity index (χ0) is 13.1. The van der Waals surface area contributed by atoms with Gasteiger partial charge in [-0.1, -0.05) is 32.0 Å². The highest BCUT2D eigenvalue weighted by Crippen LogP contribution is 2.30. The fourth-order valence-electron chi connectivity index (χ4n) is 1.72. The number of carbonyl (C=O) groups is 1. The molecule has 2 rings (SSSR count). The highest BCUT2D eigenvalue weighted by Gasteiger charge is 2.15. The summed E-state index contributed by atoms with van der Waals surface area (Å²) in [5.41, 5.74) is 3.68. The quantitative estimate of drug-likeness (QED) is 0.881. The van der Waals surface area contributed by atoms with Crippen LogP contribution in [0.4, 0.5) is 10.7 Å². The summed E-state index contributed by atoms with van der Waals surface area (Å²) in [7, 11) is 0. The fourth-order valence-corrected chi connectivity index (χ4v) is 2.41. The second-order valence-electron chi connectivity index (χ2n) is 4.20. The second kappa shape index (κ2) is 5.18. The minimum atomic E-state index is -1.01. The van der Waals surface area contributed by atoms with Gasteiger partial charge in [-0.3, -0.25) is 0 Å². The minimum absolute atomic E-state index is 0.0681. The summed E-state index contributed by atoms with van der Waals surface area (Å²) in [6.07, 6.45) is 0. The number of hydrogen-bond acceptors (Lipinski definition) is 4. The predicted octanol–water partition coefficient (Wildman–Crippen LogP) is 3.71. The Morgan fingerprint density at radius 1 is 1.39 bits per heavy atom. The molecule has 0 radical (unpaired) electrons. The maximum Gasteiger partial charge on any atom is 0.357 e. The molecule has 0 saturated carbocycles. The van der Waals surface area contributed by atoms with Gasteiger partial charge in [-0.25, -0.2) is 9.78 Å². The summed E-state index contributed by atoms with van der Waals surface area (Å²) in [6, 6.07) is 7.89. The van der Waals surface area contributed by atoms with E-state index >= 15 is 0 Å². The third kappa shape index (κ3) is 2.51. The highest BCUT2D eigenvalue weighted by molar-refractivity contribution is 7.14. The first-order valence-electron chi connectivity index (χ1n) is 5.62. The maximum absolute atomic E-state index is 11.0. The van der Waals surface area contributed by atoms with E-state index in [4.69, 9.17) is 5.11 Å². The van der Waals surface area contributed by atoms with E-state index in [1.54, 1.807) is 0 Å². The van der Waals surface area contributed by atoms with Crippen molar-refractivity contribution in [3.63, 3.8) is 0 Å². The van der Waals surface area contributed by atoms with Crippen LogP contribution in [0.1, 0.15) is 35.8 Å². The molecule has 94 valence electrons. The number of nitrogens with one attached hydrogen (secondary N) is 1. The first kappa shape index (κ1) is 12.6. The van der Waals surface area contributed by atoms with E-state index < -0.39 is 5.97 Å². The van der Waals surface area contributed by atoms with Crippen molar-refractivity contribution in [3.05, 3.63) is 41.0 Å². The molecule has 18 heavy (non-hydrogen) atoms. The molecule has 0 bridgehead atoms. The van der Waals surface area contributed by atoms with Crippen molar-refractivity contribution >= 4 is 28.0 Å². The average molecular weight is 262 g/mol. The van der Waals surface area contributed by atoms with Crippen molar-refractivity contribution in [1.82, 2.24) is 4.98 Å². The van der Waals surface area contributed by atoms with Crippen LogP contribution < -0.4 is 5.32 Å². The Hall–Kier alpha value is -1.88. The lowest BCUT2D eigenvalue weighted by molar-refractivity contribution is 0.0692. The Morgan fingerprint density at radius 2 is 2.11 bits per heavy atom. The number of thiazole rings is 1. The van der Waals surface area contributed by atoms with Crippen LogP contribution in [0.2, 0.25) is 0 Å². The number of carboxylic acid groups (broad SMARTS) is 1. The fraction of sp³-hybridized carbons (Fsp3) is 0.231. The molecule has 2 N–H and O–H groups in total. The molecule has 0 atom stereocenters. The zero-order valence-corrected chi connectivity index (χ0v) is 11.0. The number of hydrogen-bond donors (Lipinski definition) is 2. The van der Waals surface area contributed by atoms with E-state index in [0.717, 1.165) is 11.3 Å². The Kier molecular flexibility index (Phi) is 3.62. The number of rotatable bonds is 4. The van der Waals surface area contributed by atoms with Crippen LogP contribution in [0.3, 0.4) is 0 Å². The molecule has 0 aliphatic carbocycles. The van der Waals surface area contributed by atoms with E-state index in [9.17, 15) is 4.79 Å². The molecule has 0 amide bonds. The average Bonchev–Trinajstić information content (AvgIpc) is 2.77. The molecule has 0 spiro atoms. The van der Waals surface area contributed by atoms with Crippen molar-refractivity contribution in [2.24, 2.45) is 0 Å². The summed E-state index contributed by atoms with van der Waals surface area (Å²) in [4.78, 5) is 14.8. The van der Waals surface area contributed by atoms with Gasteiger partial charge >= 0.3 is 5.97 Å². The second-order valence-corrected chi connectivity index (χ2v) is 5.06. The monoisotopic (exact) mass is 262 g/mol. The minimum Gasteiger partial charge on any atom is -0.476 e. The van der Waals surface area contributed by atoms with Crippen LogP contribution >= 0.6 is 11.3 Å². The first-order valence-corrected chi connectivity index (χ1v) is 6.50. The molecule has 0 aliphatic heterocycles. The van der Waals surface area contributed by atoms with Crippen LogP contribution in [0.25, 0.3) is 0 Å². The third-order valence-corrected chi connectivity index (χ3v) is 3.34. The Labute approximate surface area is 109 Å². The molecular formula is C13H14N2O2S. The molecule has 1 heterocycles. The molecule has 5 heteroatoms. The standard InChI is InChI=1S/C13H14N2O2S/c1-8(2)9-5-3-4-6-10(9)15-12-11(13(16)17)14-7-18-12/h3-8,15H,1-2H3,(H,16,17). The predicted molar refractivity (Wildman–Crippen MR) is 72.9 cm³/mol. The van der Waals surface area contributed by atoms with Crippen LogP contribution in [0.5, 0.6) is 0 Å². The van der Waals surface area contributed by atoms with Crippen molar-refractivity contribution < 1.29 is 9.90 Å². The lowest BCUT2D eigenvalue weighted by Gasteiger charge is -2.13. The zero-order valence-electron chi connectivity index (χ0n) is 10.2. The van der Waals surface area contributed by atoms with Gasteiger partial charge in [-0.15, -0.1) is 11.3 Å². The summed E-state index contributed by atoms with van der Waals surface area (Å²) in [5, 5.41) is 12.7. The maximum atomic E-state index is 11.0. The molecule has 1 aromatic heterocycles. The topological polar surface area (TPSA) is 62.2 Å². The van der Waals surface area contributed by atoms with E-state index in [0.29, 0.717) is 10.9 Å². The molecule has 0 saturated heterocycles. The van der Waals surface area contributed by atoms with E-state index in [1.807, 2.05) is 24.3 Å². The van der Waals surface area contributed by atoms with Crippen molar-refractivity contribution in [2.45, 2.75) is 19.8 Å². The van der Waals surface area contributed by atoms with Gasteiger partial charge in [0.25, 0.3) is 0 Å². The molecule has 0 fully saturated rings. The third-order valence-electron chi connectivity index (χ3n) is 2.60. The number of aromatic nitrogens is 1. The SMILES string of the molecule is CC(C)c1ccccc1Nc1scnc1C(=O)O. The van der Waals surface area contributed by atoms with Gasteiger partial charge in [0.05, 0.1) is 5.51 Å². The van der Waals surface area contributed by atoms with Gasteiger partial charge in [-0.05, 0) is 17.5 Å². The largest absolute Gasteiger partial charge is 0.476 e. The highest BCUT2D eigenvalue weighted by atomic mass is 32.1. The number of nitrogens with zero attached hydrogens (tertiary/aromatic N) is 1.